The van der Waals surface area contributed by atoms with Crippen LogP contribution in [0.15, 0.2) is 42.6 Å². The molecule has 0 atom stereocenters. The number of piperidine rings is 1. The first-order valence-electron chi connectivity index (χ1n) is 9.31. The van der Waals surface area contributed by atoms with Crippen molar-refractivity contribution in [3.63, 3.8) is 0 Å². The van der Waals surface area contributed by atoms with Gasteiger partial charge in [-0.15, -0.1) is 0 Å². The molecule has 3 aromatic rings. The Morgan fingerprint density at radius 2 is 2.04 bits per heavy atom. The molecule has 0 unspecified atom stereocenters. The van der Waals surface area contributed by atoms with Crippen LogP contribution in [0.3, 0.4) is 0 Å². The van der Waals surface area contributed by atoms with E-state index in [2.05, 4.69) is 10.2 Å². The minimum Gasteiger partial charge on any atom is -0.383 e. The summed E-state index contributed by atoms with van der Waals surface area (Å²) in [6.45, 7) is 3.86. The van der Waals surface area contributed by atoms with Crippen LogP contribution in [-0.2, 0) is 4.74 Å². The van der Waals surface area contributed by atoms with Gasteiger partial charge in [0.2, 0.25) is 0 Å². The first-order chi connectivity index (χ1) is 13.2. The van der Waals surface area contributed by atoms with Gasteiger partial charge in [0, 0.05) is 25.3 Å². The predicted molar refractivity (Wildman–Crippen MR) is 103 cm³/mol. The van der Waals surface area contributed by atoms with Crippen LogP contribution in [0, 0.1) is 5.82 Å². The molecule has 0 saturated carbocycles. The van der Waals surface area contributed by atoms with E-state index in [9.17, 15) is 4.39 Å². The minimum absolute atomic E-state index is 0.263. The monoisotopic (exact) mass is 369 g/mol. The lowest BCUT2D eigenvalue weighted by Crippen LogP contribution is -2.35. The zero-order valence-corrected chi connectivity index (χ0v) is 15.4. The number of rotatable bonds is 6. The van der Waals surface area contributed by atoms with E-state index < -0.39 is 0 Å². The second kappa shape index (κ2) is 8.02. The number of aromatic nitrogens is 3. The van der Waals surface area contributed by atoms with E-state index in [-0.39, 0.29) is 5.82 Å². The summed E-state index contributed by atoms with van der Waals surface area (Å²) in [5.41, 5.74) is 2.38. The second-order valence-corrected chi connectivity index (χ2v) is 6.93. The molecular formula is C20H24FN5O. The highest BCUT2D eigenvalue weighted by Gasteiger charge is 2.23. The molecule has 0 amide bonds. The Kier molecular flexibility index (Phi) is 5.31. The molecule has 0 bridgehead atoms. The van der Waals surface area contributed by atoms with Crippen LogP contribution >= 0.6 is 0 Å². The molecule has 6 nitrogen and oxygen atoms in total. The molecule has 4 rings (SSSR count). The largest absolute Gasteiger partial charge is 0.383 e. The Morgan fingerprint density at radius 3 is 2.81 bits per heavy atom. The van der Waals surface area contributed by atoms with Gasteiger partial charge in [0.25, 0.3) is 0 Å². The normalized spacial score (nSPS) is 16.1. The summed E-state index contributed by atoms with van der Waals surface area (Å²) in [7, 11) is 1.74. The van der Waals surface area contributed by atoms with Gasteiger partial charge in [0.15, 0.2) is 11.5 Å². The van der Waals surface area contributed by atoms with Gasteiger partial charge < -0.3 is 15.0 Å². The van der Waals surface area contributed by atoms with Crippen molar-refractivity contribution >= 4 is 17.0 Å². The topological polar surface area (TPSA) is 54.7 Å². The van der Waals surface area contributed by atoms with E-state index >= 15 is 0 Å². The third kappa shape index (κ3) is 4.26. The van der Waals surface area contributed by atoms with Crippen molar-refractivity contribution in [2.24, 2.45) is 0 Å². The highest BCUT2D eigenvalue weighted by molar-refractivity contribution is 5.60. The molecular weight excluding hydrogens is 345 g/mol. The van der Waals surface area contributed by atoms with Crippen LogP contribution in [0.25, 0.3) is 5.65 Å². The number of hydrogen-bond donors (Lipinski definition) is 1. The van der Waals surface area contributed by atoms with E-state index in [1.807, 2.05) is 24.4 Å². The Labute approximate surface area is 158 Å². The molecule has 1 aromatic carbocycles. The number of pyridine rings is 1. The van der Waals surface area contributed by atoms with Crippen LogP contribution in [0.1, 0.15) is 24.6 Å². The van der Waals surface area contributed by atoms with E-state index in [4.69, 9.17) is 14.8 Å². The first kappa shape index (κ1) is 17.9. The number of anilines is 2. The predicted octanol–water partition coefficient (Wildman–Crippen LogP) is 3.44. The fraction of sp³-hybridized carbons (Fsp3) is 0.400. The Bertz CT molecular complexity index is 904. The maximum absolute atomic E-state index is 13.4. The van der Waals surface area contributed by atoms with E-state index in [1.54, 1.807) is 17.7 Å². The molecule has 1 aliphatic rings. The van der Waals surface area contributed by atoms with Gasteiger partial charge in [-0.3, -0.25) is 0 Å². The zero-order chi connectivity index (χ0) is 18.6. The van der Waals surface area contributed by atoms with Crippen molar-refractivity contribution in [3.8, 4) is 0 Å². The zero-order valence-electron chi connectivity index (χ0n) is 15.4. The number of likely N-dealkylation sites (tertiary alicyclic amines) is 1. The van der Waals surface area contributed by atoms with Crippen LogP contribution in [0.2, 0.25) is 0 Å². The van der Waals surface area contributed by atoms with Crippen LogP contribution < -0.4 is 5.32 Å². The number of hydrogen-bond acceptors (Lipinski definition) is 5. The summed E-state index contributed by atoms with van der Waals surface area (Å²) in [5.74, 6) is 1.04. The number of nitrogens with one attached hydrogen (secondary N) is 1. The maximum Gasteiger partial charge on any atom is 0.155 e. The van der Waals surface area contributed by atoms with Gasteiger partial charge >= 0.3 is 0 Å². The summed E-state index contributed by atoms with van der Waals surface area (Å²) in [6, 6.07) is 10.3. The Morgan fingerprint density at radius 1 is 1.19 bits per heavy atom. The summed E-state index contributed by atoms with van der Waals surface area (Å²) in [6.07, 6.45) is 4.02. The quantitative estimate of drug-likeness (QED) is 0.721. The van der Waals surface area contributed by atoms with Gasteiger partial charge in [0.05, 0.1) is 18.5 Å². The van der Waals surface area contributed by atoms with Crippen molar-refractivity contribution in [2.75, 3.05) is 38.7 Å². The lowest BCUT2D eigenvalue weighted by molar-refractivity contribution is 0.129. The molecule has 0 aliphatic carbocycles. The third-order valence-corrected chi connectivity index (χ3v) is 5.03. The molecule has 1 aliphatic heterocycles. The number of halogens is 1. The summed E-state index contributed by atoms with van der Waals surface area (Å²) >= 11 is 0. The summed E-state index contributed by atoms with van der Waals surface area (Å²) in [4.78, 5) is 7.13. The lowest BCUT2D eigenvalue weighted by Gasteiger charge is -2.30. The van der Waals surface area contributed by atoms with Crippen molar-refractivity contribution in [2.45, 2.75) is 18.8 Å². The molecule has 0 spiro atoms. The maximum atomic E-state index is 13.4. The third-order valence-electron chi connectivity index (χ3n) is 5.03. The van der Waals surface area contributed by atoms with Crippen LogP contribution in [-0.4, -0.2) is 52.8 Å². The molecule has 1 saturated heterocycles. The van der Waals surface area contributed by atoms with Gasteiger partial charge in [-0.2, -0.15) is 5.10 Å². The number of benzene rings is 1. The number of methoxy groups -OCH3 is 1. The SMILES string of the molecule is COCCN1CCC(c2nc3ccc(Nc4cccc(F)c4)cn3n2)CC1. The van der Waals surface area contributed by atoms with Crippen molar-refractivity contribution in [1.29, 1.82) is 0 Å². The van der Waals surface area contributed by atoms with Crippen molar-refractivity contribution in [3.05, 3.63) is 54.2 Å². The van der Waals surface area contributed by atoms with Gasteiger partial charge in [-0.1, -0.05) is 6.07 Å². The Hall–Kier alpha value is -2.51. The van der Waals surface area contributed by atoms with E-state index in [0.29, 0.717) is 11.6 Å². The van der Waals surface area contributed by atoms with Gasteiger partial charge in [-0.05, 0) is 56.3 Å². The average Bonchev–Trinajstić information content (AvgIpc) is 3.10. The van der Waals surface area contributed by atoms with E-state index in [0.717, 1.165) is 56.2 Å². The molecule has 142 valence electrons. The Balaban J connectivity index is 1.45. The lowest BCUT2D eigenvalue weighted by atomic mass is 9.96. The van der Waals surface area contributed by atoms with E-state index in [1.165, 1.54) is 12.1 Å². The number of nitrogens with zero attached hydrogens (tertiary/aromatic N) is 4. The van der Waals surface area contributed by atoms with Crippen LogP contribution in [0.5, 0.6) is 0 Å². The molecule has 27 heavy (non-hydrogen) atoms. The highest BCUT2D eigenvalue weighted by Crippen LogP contribution is 2.26. The molecule has 2 aromatic heterocycles. The average molecular weight is 369 g/mol. The molecule has 1 N–H and O–H groups in total. The first-order valence-corrected chi connectivity index (χ1v) is 9.31. The molecule has 3 heterocycles. The standard InChI is InChI=1S/C20H24FN5O/c1-27-12-11-25-9-7-15(8-10-25)20-23-19-6-5-18(14-26(19)24-20)22-17-4-2-3-16(21)13-17/h2-6,13-15,22H,7-12H2,1H3. The number of ether oxygens (including phenoxy) is 1. The summed E-state index contributed by atoms with van der Waals surface area (Å²) in [5, 5.41) is 7.90. The molecule has 7 heteroatoms. The van der Waals surface area contributed by atoms with Gasteiger partial charge in [-0.25, -0.2) is 13.9 Å². The summed E-state index contributed by atoms with van der Waals surface area (Å²) < 4.78 is 20.3. The highest BCUT2D eigenvalue weighted by atomic mass is 19.1. The fourth-order valence-electron chi connectivity index (χ4n) is 3.52. The second-order valence-electron chi connectivity index (χ2n) is 6.93. The van der Waals surface area contributed by atoms with Crippen molar-refractivity contribution < 1.29 is 9.13 Å². The van der Waals surface area contributed by atoms with Gasteiger partial charge in [0.1, 0.15) is 5.82 Å². The number of fused-ring (bicyclic) bond motifs is 1. The molecule has 1 fully saturated rings. The minimum atomic E-state index is -0.263. The van der Waals surface area contributed by atoms with Crippen molar-refractivity contribution in [1.82, 2.24) is 19.5 Å². The van der Waals surface area contributed by atoms with Crippen LogP contribution in [0.4, 0.5) is 15.8 Å². The smallest absolute Gasteiger partial charge is 0.155 e. The fourth-order valence-corrected chi connectivity index (χ4v) is 3.52. The molecule has 0 radical (unpaired) electrons.